The van der Waals surface area contributed by atoms with Crippen LogP contribution in [-0.2, 0) is 9.53 Å². The molecule has 1 aliphatic rings. The Morgan fingerprint density at radius 3 is 2.52 bits per heavy atom. The first kappa shape index (κ1) is 22.0. The summed E-state index contributed by atoms with van der Waals surface area (Å²) >= 11 is 5.92. The van der Waals surface area contributed by atoms with Crippen LogP contribution < -0.4 is 5.01 Å². The Morgan fingerprint density at radius 1 is 1.12 bits per heavy atom. The van der Waals surface area contributed by atoms with Crippen LogP contribution in [0.25, 0.3) is 17.4 Å². The molecular formula is C24H17ClN2O6. The van der Waals surface area contributed by atoms with Crippen LogP contribution in [0.4, 0.5) is 5.69 Å². The highest BCUT2D eigenvalue weighted by atomic mass is 35.5. The lowest BCUT2D eigenvalue weighted by atomic mass is 10.1. The monoisotopic (exact) mass is 464 g/mol. The molecule has 33 heavy (non-hydrogen) atoms. The minimum Gasteiger partial charge on any atom is -0.478 e. The summed E-state index contributed by atoms with van der Waals surface area (Å²) in [5.41, 5.74) is 2.10. The second kappa shape index (κ2) is 8.76. The molecule has 1 aromatic heterocycles. The van der Waals surface area contributed by atoms with Gasteiger partial charge < -0.3 is 14.3 Å². The van der Waals surface area contributed by atoms with Crippen LogP contribution in [0.1, 0.15) is 33.4 Å². The zero-order valence-electron chi connectivity index (χ0n) is 17.5. The zero-order chi connectivity index (χ0) is 23.7. The molecule has 1 amide bonds. The van der Waals surface area contributed by atoms with Crippen molar-refractivity contribution in [2.75, 3.05) is 12.1 Å². The molecule has 0 radical (unpaired) electrons. The highest BCUT2D eigenvalue weighted by Gasteiger charge is 2.30. The molecule has 3 aromatic rings. The van der Waals surface area contributed by atoms with Crippen molar-refractivity contribution in [2.24, 2.45) is 5.10 Å². The van der Waals surface area contributed by atoms with Gasteiger partial charge in [-0.2, -0.15) is 10.1 Å². The van der Waals surface area contributed by atoms with E-state index < -0.39 is 17.8 Å². The molecule has 0 bridgehead atoms. The number of amides is 1. The van der Waals surface area contributed by atoms with E-state index in [-0.39, 0.29) is 16.3 Å². The Morgan fingerprint density at radius 2 is 1.85 bits per heavy atom. The van der Waals surface area contributed by atoms with Crippen LogP contribution in [0, 0.1) is 0 Å². The SMILES string of the molecule is COC(=O)c1ccc(-c2ccc(/C=C3\C(=O)N(c4ccc(Cl)c(C(=O)O)c4)N=C3C)o2)cc1. The number of anilines is 1. The summed E-state index contributed by atoms with van der Waals surface area (Å²) in [6, 6.07) is 14.4. The number of hydrogen-bond acceptors (Lipinski definition) is 6. The Hall–Kier alpha value is -4.17. The number of aromatic carboxylic acids is 1. The van der Waals surface area contributed by atoms with E-state index in [1.54, 1.807) is 49.4 Å². The maximum Gasteiger partial charge on any atom is 0.337 e. The number of nitrogens with zero attached hydrogens (tertiary/aromatic N) is 2. The summed E-state index contributed by atoms with van der Waals surface area (Å²) in [6.45, 7) is 1.67. The highest BCUT2D eigenvalue weighted by Crippen LogP contribution is 2.30. The lowest BCUT2D eigenvalue weighted by Crippen LogP contribution is -2.21. The number of carboxylic acid groups (broad SMARTS) is 1. The number of benzene rings is 2. The van der Waals surface area contributed by atoms with Crippen molar-refractivity contribution >= 4 is 46.9 Å². The van der Waals surface area contributed by atoms with Crippen molar-refractivity contribution in [2.45, 2.75) is 6.92 Å². The lowest BCUT2D eigenvalue weighted by Gasteiger charge is -2.12. The van der Waals surface area contributed by atoms with E-state index in [9.17, 15) is 19.5 Å². The van der Waals surface area contributed by atoms with E-state index in [4.69, 9.17) is 20.8 Å². The molecule has 4 rings (SSSR count). The number of rotatable bonds is 5. The molecule has 0 spiro atoms. The smallest absolute Gasteiger partial charge is 0.337 e. The summed E-state index contributed by atoms with van der Waals surface area (Å²) in [4.78, 5) is 35.9. The van der Waals surface area contributed by atoms with E-state index in [1.807, 2.05) is 0 Å². The second-order valence-corrected chi connectivity index (χ2v) is 7.51. The van der Waals surface area contributed by atoms with Crippen LogP contribution in [0.5, 0.6) is 0 Å². The molecule has 0 unspecified atom stereocenters. The summed E-state index contributed by atoms with van der Waals surface area (Å²) in [7, 11) is 1.32. The average molecular weight is 465 g/mol. The lowest BCUT2D eigenvalue weighted by molar-refractivity contribution is -0.114. The van der Waals surface area contributed by atoms with Gasteiger partial charge in [0.05, 0.1) is 40.2 Å². The van der Waals surface area contributed by atoms with Gasteiger partial charge in [-0.3, -0.25) is 4.79 Å². The molecule has 8 nitrogen and oxygen atoms in total. The third kappa shape index (κ3) is 4.28. The van der Waals surface area contributed by atoms with E-state index >= 15 is 0 Å². The van der Waals surface area contributed by atoms with Crippen molar-refractivity contribution < 1.29 is 28.6 Å². The van der Waals surface area contributed by atoms with Gasteiger partial charge in [0, 0.05) is 5.56 Å². The third-order valence-corrected chi connectivity index (χ3v) is 5.32. The first-order valence-corrected chi connectivity index (χ1v) is 10.1. The van der Waals surface area contributed by atoms with Gasteiger partial charge >= 0.3 is 11.9 Å². The summed E-state index contributed by atoms with van der Waals surface area (Å²) in [5, 5.41) is 14.7. The highest BCUT2D eigenvalue weighted by molar-refractivity contribution is 6.34. The molecule has 1 aliphatic heterocycles. The van der Waals surface area contributed by atoms with Crippen molar-refractivity contribution in [3.63, 3.8) is 0 Å². The van der Waals surface area contributed by atoms with Gasteiger partial charge in [0.2, 0.25) is 0 Å². The van der Waals surface area contributed by atoms with Gasteiger partial charge in [0.1, 0.15) is 11.5 Å². The number of methoxy groups -OCH3 is 1. The first-order valence-electron chi connectivity index (χ1n) is 9.71. The molecular weight excluding hydrogens is 448 g/mol. The number of carboxylic acids is 1. The Balaban J connectivity index is 1.58. The quantitative estimate of drug-likeness (QED) is 0.425. The zero-order valence-corrected chi connectivity index (χ0v) is 18.3. The third-order valence-electron chi connectivity index (χ3n) is 4.99. The van der Waals surface area contributed by atoms with Crippen LogP contribution >= 0.6 is 11.6 Å². The van der Waals surface area contributed by atoms with Crippen molar-refractivity contribution in [3.8, 4) is 11.3 Å². The molecule has 0 aliphatic carbocycles. The van der Waals surface area contributed by atoms with Gasteiger partial charge in [0.25, 0.3) is 5.91 Å². The largest absolute Gasteiger partial charge is 0.478 e. The predicted molar refractivity (Wildman–Crippen MR) is 122 cm³/mol. The van der Waals surface area contributed by atoms with Gasteiger partial charge in [-0.25, -0.2) is 9.59 Å². The van der Waals surface area contributed by atoms with E-state index in [0.29, 0.717) is 28.4 Å². The van der Waals surface area contributed by atoms with Crippen molar-refractivity contribution in [1.29, 1.82) is 0 Å². The normalized spacial score (nSPS) is 14.5. The summed E-state index contributed by atoms with van der Waals surface area (Å²) in [5.74, 6) is -1.07. The topological polar surface area (TPSA) is 109 Å². The van der Waals surface area contributed by atoms with E-state index in [0.717, 1.165) is 10.6 Å². The van der Waals surface area contributed by atoms with Gasteiger partial charge in [-0.05, 0) is 55.5 Å². The first-order chi connectivity index (χ1) is 15.8. The van der Waals surface area contributed by atoms with Gasteiger partial charge in [0.15, 0.2) is 0 Å². The molecule has 9 heteroatoms. The number of halogens is 1. The van der Waals surface area contributed by atoms with Gasteiger partial charge in [-0.1, -0.05) is 23.7 Å². The molecule has 0 saturated carbocycles. The number of carbonyl (C=O) groups is 3. The minimum absolute atomic E-state index is 0.0668. The van der Waals surface area contributed by atoms with Crippen LogP contribution in [-0.4, -0.2) is 35.8 Å². The van der Waals surface area contributed by atoms with Gasteiger partial charge in [-0.15, -0.1) is 0 Å². The van der Waals surface area contributed by atoms with Crippen LogP contribution in [0.15, 0.2) is 69.7 Å². The van der Waals surface area contributed by atoms with E-state index in [1.165, 1.54) is 25.3 Å². The fraction of sp³-hybridized carbons (Fsp3) is 0.0833. The van der Waals surface area contributed by atoms with E-state index in [2.05, 4.69) is 5.10 Å². The number of ether oxygens (including phenoxy) is 1. The Kier molecular flexibility index (Phi) is 5.85. The summed E-state index contributed by atoms with van der Waals surface area (Å²) < 4.78 is 10.5. The maximum atomic E-state index is 13.0. The maximum absolute atomic E-state index is 13.0. The predicted octanol–water partition coefficient (Wildman–Crippen LogP) is 4.89. The Bertz CT molecular complexity index is 1340. The number of carbonyl (C=O) groups excluding carboxylic acids is 2. The standard InChI is InChI=1S/C24H17ClN2O6/c1-13-18(22(28)27(26-13)16-7-9-20(25)19(11-16)23(29)30)12-17-8-10-21(33-17)14-3-5-15(6-4-14)24(31)32-2/h3-12H,1-2H3,(H,29,30)/b18-12-. The number of esters is 1. The van der Waals surface area contributed by atoms with Crippen molar-refractivity contribution in [1.82, 2.24) is 0 Å². The minimum atomic E-state index is -1.20. The van der Waals surface area contributed by atoms with Crippen LogP contribution in [0.2, 0.25) is 5.02 Å². The molecule has 0 saturated heterocycles. The second-order valence-electron chi connectivity index (χ2n) is 7.10. The van der Waals surface area contributed by atoms with Crippen LogP contribution in [0.3, 0.4) is 0 Å². The number of hydrogen-bond donors (Lipinski definition) is 1. The summed E-state index contributed by atoms with van der Waals surface area (Å²) in [6.07, 6.45) is 1.57. The fourth-order valence-corrected chi connectivity index (χ4v) is 3.48. The number of furan rings is 1. The molecule has 2 aromatic carbocycles. The fourth-order valence-electron chi connectivity index (χ4n) is 3.28. The number of hydrazone groups is 1. The molecule has 0 fully saturated rings. The average Bonchev–Trinajstić information content (AvgIpc) is 3.39. The Labute approximate surface area is 193 Å². The molecule has 166 valence electrons. The van der Waals surface area contributed by atoms with Crippen molar-refractivity contribution in [3.05, 3.63) is 82.1 Å². The molecule has 2 heterocycles. The molecule has 1 N–H and O–H groups in total. The molecule has 0 atom stereocenters.